The Labute approximate surface area is 252 Å². The second-order valence-corrected chi connectivity index (χ2v) is 11.2. The van der Waals surface area contributed by atoms with Crippen LogP contribution in [0, 0.1) is 0 Å². The molecule has 212 valence electrons. The number of carbonyl (C=O) groups excluding carboxylic acids is 2. The molecule has 1 fully saturated rings. The van der Waals surface area contributed by atoms with Gasteiger partial charge in [-0.1, -0.05) is 40.4 Å². The van der Waals surface area contributed by atoms with Crippen LogP contribution in [-0.2, 0) is 11.3 Å². The van der Waals surface area contributed by atoms with Crippen molar-refractivity contribution in [3.05, 3.63) is 76.0 Å². The van der Waals surface area contributed by atoms with Crippen molar-refractivity contribution < 1.29 is 14.3 Å². The highest BCUT2D eigenvalue weighted by Gasteiger charge is 2.29. The molecule has 0 radical (unpaired) electrons. The average molecular weight is 638 g/mol. The van der Waals surface area contributed by atoms with E-state index in [1.54, 1.807) is 43.8 Å². The zero-order chi connectivity index (χ0) is 28.9. The van der Waals surface area contributed by atoms with Gasteiger partial charge in [0.25, 0.3) is 5.91 Å². The minimum absolute atomic E-state index is 0.0914. The number of aromatic nitrogens is 4. The number of benzene rings is 2. The van der Waals surface area contributed by atoms with Crippen molar-refractivity contribution >= 4 is 45.0 Å². The van der Waals surface area contributed by atoms with E-state index in [0.29, 0.717) is 46.8 Å². The van der Waals surface area contributed by atoms with Crippen LogP contribution in [-0.4, -0.2) is 56.2 Å². The second kappa shape index (κ2) is 12.8. The molecule has 0 unspecified atom stereocenters. The number of hydrogen-bond acceptors (Lipinski definition) is 6. The van der Waals surface area contributed by atoms with Gasteiger partial charge in [-0.05, 0) is 61.4 Å². The van der Waals surface area contributed by atoms with Crippen LogP contribution in [0.15, 0.2) is 65.4 Å². The lowest BCUT2D eigenvalue weighted by Crippen LogP contribution is -2.41. The van der Waals surface area contributed by atoms with Gasteiger partial charge in [-0.2, -0.15) is 5.10 Å². The standard InChI is InChI=1S/C30H30BrClN6O3/c1-19(39)34-26-9-8-22(31)18-24(26)30(40)37(23-5-3-4-6-23)15-16-38-29(21-7-10-27(41-2)25(32)17-21)35-28(36-38)20-11-13-33-14-12-20/h7-14,17-18,23H,3-6,15-16H2,1-2H3,(H,34,39). The molecule has 1 saturated carbocycles. The van der Waals surface area contributed by atoms with E-state index in [4.69, 9.17) is 26.4 Å². The highest BCUT2D eigenvalue weighted by atomic mass is 79.9. The minimum Gasteiger partial charge on any atom is -0.495 e. The molecule has 0 atom stereocenters. The first-order valence-electron chi connectivity index (χ1n) is 13.4. The first-order valence-corrected chi connectivity index (χ1v) is 14.6. The van der Waals surface area contributed by atoms with E-state index >= 15 is 0 Å². The van der Waals surface area contributed by atoms with Crippen LogP contribution in [0.4, 0.5) is 5.69 Å². The Morgan fingerprint density at radius 3 is 2.54 bits per heavy atom. The summed E-state index contributed by atoms with van der Waals surface area (Å²) in [5, 5.41) is 8.10. The number of anilines is 1. The molecule has 0 aliphatic heterocycles. The third-order valence-electron chi connectivity index (χ3n) is 7.12. The van der Waals surface area contributed by atoms with E-state index in [1.807, 2.05) is 33.8 Å². The third kappa shape index (κ3) is 6.60. The topological polar surface area (TPSA) is 102 Å². The van der Waals surface area contributed by atoms with E-state index < -0.39 is 0 Å². The van der Waals surface area contributed by atoms with Gasteiger partial charge < -0.3 is 15.0 Å². The number of amides is 2. The van der Waals surface area contributed by atoms with Gasteiger partial charge in [0.2, 0.25) is 5.91 Å². The first-order chi connectivity index (χ1) is 19.8. The van der Waals surface area contributed by atoms with E-state index in [-0.39, 0.29) is 17.9 Å². The monoisotopic (exact) mass is 636 g/mol. The molecule has 2 amide bonds. The predicted octanol–water partition coefficient (Wildman–Crippen LogP) is 6.48. The summed E-state index contributed by atoms with van der Waals surface area (Å²) in [7, 11) is 1.57. The molecule has 0 saturated heterocycles. The summed E-state index contributed by atoms with van der Waals surface area (Å²) in [5.41, 5.74) is 2.54. The maximum Gasteiger partial charge on any atom is 0.256 e. The molecule has 2 aromatic carbocycles. The van der Waals surface area contributed by atoms with Crippen LogP contribution in [0.3, 0.4) is 0 Å². The predicted molar refractivity (Wildman–Crippen MR) is 162 cm³/mol. The van der Waals surface area contributed by atoms with Crippen LogP contribution in [0.5, 0.6) is 5.75 Å². The SMILES string of the molecule is COc1ccc(-c2nc(-c3ccncc3)nn2CCN(C(=O)c2cc(Br)ccc2NC(C)=O)C2CCCC2)cc1Cl. The number of carbonyl (C=O) groups is 2. The number of nitrogens with one attached hydrogen (secondary N) is 1. The molecular weight excluding hydrogens is 608 g/mol. The lowest BCUT2D eigenvalue weighted by atomic mass is 10.1. The fourth-order valence-corrected chi connectivity index (χ4v) is 5.77. The molecular formula is C30H30BrClN6O3. The summed E-state index contributed by atoms with van der Waals surface area (Å²) in [4.78, 5) is 36.8. The molecule has 1 N–H and O–H groups in total. The van der Waals surface area contributed by atoms with Gasteiger partial charge in [0.15, 0.2) is 11.6 Å². The molecule has 5 rings (SSSR count). The first kappa shape index (κ1) is 28.8. The summed E-state index contributed by atoms with van der Waals surface area (Å²) in [6, 6.07) is 14.6. The maximum absolute atomic E-state index is 14.1. The zero-order valence-corrected chi connectivity index (χ0v) is 25.2. The van der Waals surface area contributed by atoms with Gasteiger partial charge in [0.05, 0.1) is 29.9 Å². The van der Waals surface area contributed by atoms with Gasteiger partial charge in [0.1, 0.15) is 5.75 Å². The number of nitrogens with zero attached hydrogens (tertiary/aromatic N) is 5. The third-order valence-corrected chi connectivity index (χ3v) is 7.91. The number of methoxy groups -OCH3 is 1. The maximum atomic E-state index is 14.1. The Morgan fingerprint density at radius 1 is 1.10 bits per heavy atom. The van der Waals surface area contributed by atoms with E-state index in [9.17, 15) is 9.59 Å². The molecule has 41 heavy (non-hydrogen) atoms. The van der Waals surface area contributed by atoms with Crippen LogP contribution in [0.1, 0.15) is 43.0 Å². The Balaban J connectivity index is 1.50. The highest BCUT2D eigenvalue weighted by Crippen LogP contribution is 2.32. The molecule has 4 aromatic rings. The van der Waals surface area contributed by atoms with Gasteiger partial charge in [0, 0.05) is 47.5 Å². The molecule has 0 bridgehead atoms. The van der Waals surface area contributed by atoms with Crippen molar-refractivity contribution in [2.75, 3.05) is 19.0 Å². The van der Waals surface area contributed by atoms with Crippen molar-refractivity contribution in [1.29, 1.82) is 0 Å². The van der Waals surface area contributed by atoms with E-state index in [0.717, 1.165) is 41.3 Å². The van der Waals surface area contributed by atoms with Gasteiger partial charge in [-0.15, -0.1) is 0 Å². The Kier molecular flexibility index (Phi) is 8.99. The normalized spacial score (nSPS) is 13.3. The number of rotatable bonds is 9. The number of ether oxygens (including phenoxy) is 1. The lowest BCUT2D eigenvalue weighted by molar-refractivity contribution is -0.114. The van der Waals surface area contributed by atoms with E-state index in [1.165, 1.54) is 6.92 Å². The number of hydrogen-bond donors (Lipinski definition) is 1. The quantitative estimate of drug-likeness (QED) is 0.226. The van der Waals surface area contributed by atoms with Crippen molar-refractivity contribution in [3.63, 3.8) is 0 Å². The van der Waals surface area contributed by atoms with Crippen LogP contribution < -0.4 is 10.1 Å². The fourth-order valence-electron chi connectivity index (χ4n) is 5.16. The summed E-state index contributed by atoms with van der Waals surface area (Å²) in [5.74, 6) is 1.38. The highest BCUT2D eigenvalue weighted by molar-refractivity contribution is 9.10. The largest absolute Gasteiger partial charge is 0.495 e. The molecule has 9 nitrogen and oxygen atoms in total. The van der Waals surface area contributed by atoms with Crippen molar-refractivity contribution in [3.8, 4) is 28.5 Å². The Bertz CT molecular complexity index is 1560. The average Bonchev–Trinajstić information content (AvgIpc) is 3.65. The fraction of sp³-hybridized carbons (Fsp3) is 0.300. The van der Waals surface area contributed by atoms with Crippen molar-refractivity contribution in [2.24, 2.45) is 0 Å². The van der Waals surface area contributed by atoms with Crippen LogP contribution in [0.2, 0.25) is 5.02 Å². The number of pyridine rings is 1. The minimum atomic E-state index is -0.233. The Hall–Kier alpha value is -3.76. The molecule has 1 aliphatic rings. The summed E-state index contributed by atoms with van der Waals surface area (Å²) in [6.07, 6.45) is 7.38. The van der Waals surface area contributed by atoms with Crippen LogP contribution in [0.25, 0.3) is 22.8 Å². The molecule has 1 aliphatic carbocycles. The van der Waals surface area contributed by atoms with Crippen LogP contribution >= 0.6 is 27.5 Å². The van der Waals surface area contributed by atoms with Gasteiger partial charge >= 0.3 is 0 Å². The molecule has 11 heteroatoms. The second-order valence-electron chi connectivity index (χ2n) is 9.88. The smallest absolute Gasteiger partial charge is 0.256 e. The zero-order valence-electron chi connectivity index (χ0n) is 22.8. The molecule has 2 aromatic heterocycles. The summed E-state index contributed by atoms with van der Waals surface area (Å²) in [6.45, 7) is 2.25. The molecule has 0 spiro atoms. The molecule has 2 heterocycles. The van der Waals surface area contributed by atoms with Crippen molar-refractivity contribution in [1.82, 2.24) is 24.6 Å². The lowest BCUT2D eigenvalue weighted by Gasteiger charge is -2.30. The van der Waals surface area contributed by atoms with Gasteiger partial charge in [-0.3, -0.25) is 14.6 Å². The van der Waals surface area contributed by atoms with Crippen molar-refractivity contribution in [2.45, 2.75) is 45.2 Å². The Morgan fingerprint density at radius 2 is 1.85 bits per heavy atom. The van der Waals surface area contributed by atoms with Gasteiger partial charge in [-0.25, -0.2) is 9.67 Å². The number of halogens is 2. The van der Waals surface area contributed by atoms with E-state index in [2.05, 4.69) is 26.2 Å². The summed E-state index contributed by atoms with van der Waals surface area (Å²) >= 11 is 9.95. The summed E-state index contributed by atoms with van der Waals surface area (Å²) < 4.78 is 7.91.